The molecular weight excluding hydrogens is 338 g/mol. The molecular formula is C18H12ClN5O. The summed E-state index contributed by atoms with van der Waals surface area (Å²) in [5, 5.41) is 15.1. The van der Waals surface area contributed by atoms with Crippen LogP contribution >= 0.6 is 11.6 Å². The highest BCUT2D eigenvalue weighted by Crippen LogP contribution is 2.18. The molecule has 0 saturated heterocycles. The maximum Gasteiger partial charge on any atom is 0.275 e. The minimum Gasteiger partial charge on any atom is -0.339 e. The summed E-state index contributed by atoms with van der Waals surface area (Å²) >= 11 is 5.93. The highest BCUT2D eigenvalue weighted by molar-refractivity contribution is 6.30. The number of rotatable bonds is 4. The Morgan fingerprint density at radius 2 is 1.84 bits per heavy atom. The maximum atomic E-state index is 12.2. The third-order valence-corrected chi connectivity index (χ3v) is 3.49. The number of nitriles is 1. The molecule has 1 heterocycles. The first-order valence-electron chi connectivity index (χ1n) is 7.30. The quantitative estimate of drug-likeness (QED) is 0.743. The Hall–Kier alpha value is -3.43. The van der Waals surface area contributed by atoms with Crippen molar-refractivity contribution in [3.05, 3.63) is 77.2 Å². The lowest BCUT2D eigenvalue weighted by atomic mass is 10.2. The predicted octanol–water partition coefficient (Wildman–Crippen LogP) is 4.00. The summed E-state index contributed by atoms with van der Waals surface area (Å²) in [4.78, 5) is 20.4. The van der Waals surface area contributed by atoms with E-state index >= 15 is 0 Å². The number of nitrogens with zero attached hydrogens (tertiary/aromatic N) is 3. The molecule has 0 aliphatic carbocycles. The van der Waals surface area contributed by atoms with Gasteiger partial charge in [0.15, 0.2) is 0 Å². The Morgan fingerprint density at radius 1 is 1.04 bits per heavy atom. The van der Waals surface area contributed by atoms with Crippen LogP contribution in [0, 0.1) is 11.3 Å². The molecule has 3 aromatic rings. The molecule has 25 heavy (non-hydrogen) atoms. The van der Waals surface area contributed by atoms with Gasteiger partial charge in [-0.25, -0.2) is 9.97 Å². The molecule has 0 aliphatic rings. The van der Waals surface area contributed by atoms with Gasteiger partial charge >= 0.3 is 0 Å². The van der Waals surface area contributed by atoms with Crippen molar-refractivity contribution in [1.29, 1.82) is 5.26 Å². The van der Waals surface area contributed by atoms with Gasteiger partial charge in [0.25, 0.3) is 5.91 Å². The molecule has 2 N–H and O–H groups in total. The third-order valence-electron chi connectivity index (χ3n) is 3.25. The molecule has 0 atom stereocenters. The highest BCUT2D eigenvalue weighted by atomic mass is 35.5. The molecule has 7 heteroatoms. The Morgan fingerprint density at radius 3 is 2.48 bits per heavy atom. The Bertz CT molecular complexity index is 933. The van der Waals surface area contributed by atoms with E-state index in [1.165, 1.54) is 12.4 Å². The van der Waals surface area contributed by atoms with Crippen LogP contribution in [0.15, 0.2) is 60.9 Å². The summed E-state index contributed by atoms with van der Waals surface area (Å²) < 4.78 is 0. The molecule has 1 amide bonds. The van der Waals surface area contributed by atoms with E-state index in [-0.39, 0.29) is 11.6 Å². The molecule has 2 aromatic carbocycles. The molecule has 0 unspecified atom stereocenters. The average Bonchev–Trinajstić information content (AvgIpc) is 2.63. The molecule has 122 valence electrons. The predicted molar refractivity (Wildman–Crippen MR) is 95.9 cm³/mol. The van der Waals surface area contributed by atoms with Gasteiger partial charge in [0.05, 0.1) is 24.0 Å². The monoisotopic (exact) mass is 349 g/mol. The molecule has 0 radical (unpaired) electrons. The van der Waals surface area contributed by atoms with Gasteiger partial charge in [-0.3, -0.25) is 4.79 Å². The van der Waals surface area contributed by atoms with Crippen molar-refractivity contribution >= 4 is 34.7 Å². The average molecular weight is 350 g/mol. The number of amides is 1. The van der Waals surface area contributed by atoms with Gasteiger partial charge in [-0.05, 0) is 42.5 Å². The lowest BCUT2D eigenvalue weighted by Gasteiger charge is -2.07. The number of hydrogen-bond acceptors (Lipinski definition) is 5. The van der Waals surface area contributed by atoms with E-state index in [1.54, 1.807) is 36.4 Å². The second-order valence-corrected chi connectivity index (χ2v) is 5.50. The van der Waals surface area contributed by atoms with Crippen molar-refractivity contribution in [2.45, 2.75) is 0 Å². The van der Waals surface area contributed by atoms with Gasteiger partial charge in [-0.2, -0.15) is 5.26 Å². The first kappa shape index (κ1) is 16.4. The fourth-order valence-corrected chi connectivity index (χ4v) is 2.24. The second-order valence-electron chi connectivity index (χ2n) is 5.07. The summed E-state index contributed by atoms with van der Waals surface area (Å²) in [6.45, 7) is 0. The summed E-state index contributed by atoms with van der Waals surface area (Å²) in [7, 11) is 0. The maximum absolute atomic E-state index is 12.2. The Balaban J connectivity index is 1.66. The highest BCUT2D eigenvalue weighted by Gasteiger charge is 2.09. The summed E-state index contributed by atoms with van der Waals surface area (Å²) in [5.74, 6) is 0.115. The van der Waals surface area contributed by atoms with E-state index in [0.717, 1.165) is 5.69 Å². The largest absolute Gasteiger partial charge is 0.339 e. The zero-order chi connectivity index (χ0) is 17.6. The van der Waals surface area contributed by atoms with Crippen molar-refractivity contribution in [2.75, 3.05) is 10.6 Å². The number of aromatic nitrogens is 2. The van der Waals surface area contributed by atoms with Crippen LogP contribution in [0.1, 0.15) is 16.1 Å². The number of hydrogen-bond donors (Lipinski definition) is 2. The number of benzene rings is 2. The van der Waals surface area contributed by atoms with Gasteiger partial charge in [-0.15, -0.1) is 0 Å². The standard InChI is InChI=1S/C18H12ClN5O/c19-13-2-1-3-15(8-13)23-17-11-21-16(10-22-17)18(25)24-14-6-4-12(9-20)5-7-14/h1-8,10-11H,(H,22,23)(H,24,25). The van der Waals surface area contributed by atoms with Gasteiger partial charge in [0.2, 0.25) is 0 Å². The fraction of sp³-hybridized carbons (Fsp3) is 0. The van der Waals surface area contributed by atoms with Crippen LogP contribution in [0.2, 0.25) is 5.02 Å². The van der Waals surface area contributed by atoms with Gasteiger partial charge in [0.1, 0.15) is 11.5 Å². The smallest absolute Gasteiger partial charge is 0.275 e. The molecule has 6 nitrogen and oxygen atoms in total. The van der Waals surface area contributed by atoms with Crippen molar-refractivity contribution in [3.8, 4) is 6.07 Å². The lowest BCUT2D eigenvalue weighted by molar-refractivity contribution is 0.102. The minimum atomic E-state index is -0.383. The van der Waals surface area contributed by atoms with Gasteiger partial charge in [0, 0.05) is 16.4 Å². The van der Waals surface area contributed by atoms with Crippen LogP contribution in [0.25, 0.3) is 0 Å². The van der Waals surface area contributed by atoms with E-state index in [2.05, 4.69) is 20.6 Å². The molecule has 0 fully saturated rings. The van der Waals surface area contributed by atoms with Crippen LogP contribution < -0.4 is 10.6 Å². The first-order valence-corrected chi connectivity index (χ1v) is 7.68. The van der Waals surface area contributed by atoms with E-state index in [0.29, 0.717) is 22.1 Å². The SMILES string of the molecule is N#Cc1ccc(NC(=O)c2cnc(Nc3cccc(Cl)c3)cn2)cc1. The van der Waals surface area contributed by atoms with E-state index in [4.69, 9.17) is 16.9 Å². The van der Waals surface area contributed by atoms with Crippen molar-refractivity contribution < 1.29 is 4.79 Å². The molecule has 0 aliphatic heterocycles. The number of anilines is 3. The molecule has 0 bridgehead atoms. The van der Waals surface area contributed by atoms with Crippen molar-refractivity contribution in [1.82, 2.24) is 9.97 Å². The first-order chi connectivity index (χ1) is 12.1. The molecule has 1 aromatic heterocycles. The summed E-state index contributed by atoms with van der Waals surface area (Å²) in [5.41, 5.74) is 2.05. The summed E-state index contributed by atoms with van der Waals surface area (Å²) in [6.07, 6.45) is 2.85. The second kappa shape index (κ2) is 7.43. The third kappa shape index (κ3) is 4.31. The van der Waals surface area contributed by atoms with Crippen LogP contribution in [0.3, 0.4) is 0 Å². The zero-order valence-corrected chi connectivity index (χ0v) is 13.7. The van der Waals surface area contributed by atoms with E-state index in [1.807, 2.05) is 18.2 Å². The zero-order valence-electron chi connectivity index (χ0n) is 12.9. The van der Waals surface area contributed by atoms with E-state index in [9.17, 15) is 4.79 Å². The van der Waals surface area contributed by atoms with Crippen LogP contribution in [0.4, 0.5) is 17.2 Å². The molecule has 3 rings (SSSR count). The fourth-order valence-electron chi connectivity index (χ4n) is 2.05. The summed E-state index contributed by atoms with van der Waals surface area (Å²) in [6, 6.07) is 15.8. The Kier molecular flexibility index (Phi) is 4.88. The Labute approximate surface area is 149 Å². The minimum absolute atomic E-state index is 0.181. The number of carbonyl (C=O) groups excluding carboxylic acids is 1. The number of carbonyl (C=O) groups is 1. The molecule has 0 spiro atoms. The van der Waals surface area contributed by atoms with Crippen LogP contribution in [-0.2, 0) is 0 Å². The normalized spacial score (nSPS) is 9.92. The van der Waals surface area contributed by atoms with Gasteiger partial charge in [-0.1, -0.05) is 17.7 Å². The molecule has 0 saturated carbocycles. The van der Waals surface area contributed by atoms with Crippen LogP contribution in [-0.4, -0.2) is 15.9 Å². The van der Waals surface area contributed by atoms with Crippen LogP contribution in [0.5, 0.6) is 0 Å². The topological polar surface area (TPSA) is 90.7 Å². The van der Waals surface area contributed by atoms with E-state index < -0.39 is 0 Å². The number of halogens is 1. The van der Waals surface area contributed by atoms with Gasteiger partial charge < -0.3 is 10.6 Å². The number of nitrogens with one attached hydrogen (secondary N) is 2. The lowest BCUT2D eigenvalue weighted by Crippen LogP contribution is -2.14. The van der Waals surface area contributed by atoms with Crippen molar-refractivity contribution in [2.24, 2.45) is 0 Å². The van der Waals surface area contributed by atoms with Crippen molar-refractivity contribution in [3.63, 3.8) is 0 Å².